The van der Waals surface area contributed by atoms with E-state index < -0.39 is 11.5 Å². The third-order valence-electron chi connectivity index (χ3n) is 2.66. The van der Waals surface area contributed by atoms with E-state index in [1.807, 2.05) is 6.07 Å². The Hall–Kier alpha value is -2.56. The quantitative estimate of drug-likeness (QED) is 0.710. The van der Waals surface area contributed by atoms with Crippen LogP contribution in [0.5, 0.6) is 0 Å². The molecule has 1 N–H and O–H groups in total. The number of hydrogen-bond acceptors (Lipinski definition) is 3. The Bertz CT molecular complexity index is 782. The zero-order chi connectivity index (χ0) is 12.5. The van der Waals surface area contributed by atoms with Crippen molar-refractivity contribution in [2.24, 2.45) is 0 Å². The largest absolute Gasteiger partial charge is 0.345 e. The molecule has 5 heteroatoms. The third-order valence-corrected chi connectivity index (χ3v) is 2.66. The van der Waals surface area contributed by atoms with E-state index in [0.29, 0.717) is 5.56 Å². The molecule has 0 aliphatic carbocycles. The van der Waals surface area contributed by atoms with E-state index in [9.17, 15) is 9.18 Å². The molecule has 4 nitrogen and oxygen atoms in total. The summed E-state index contributed by atoms with van der Waals surface area (Å²) in [6.07, 6.45) is 2.61. The van der Waals surface area contributed by atoms with Crippen molar-refractivity contribution in [3.05, 3.63) is 59.0 Å². The average molecular weight is 241 g/mol. The number of fused-ring (bicyclic) bond motifs is 1. The molecule has 0 spiro atoms. The lowest BCUT2D eigenvalue weighted by Crippen LogP contribution is -2.11. The Balaban J connectivity index is 2.25. The van der Waals surface area contributed by atoms with E-state index >= 15 is 0 Å². The first-order chi connectivity index (χ1) is 8.74. The summed E-state index contributed by atoms with van der Waals surface area (Å²) in [4.78, 5) is 21.0. The Morgan fingerprint density at radius 1 is 1.17 bits per heavy atom. The van der Waals surface area contributed by atoms with Crippen LogP contribution in [-0.4, -0.2) is 15.0 Å². The summed E-state index contributed by atoms with van der Waals surface area (Å²) in [5.41, 5.74) is 0.976. The number of benzene rings is 1. The smallest absolute Gasteiger partial charge is 0.303 e. The van der Waals surface area contributed by atoms with Gasteiger partial charge >= 0.3 is 5.69 Å². The van der Waals surface area contributed by atoms with Gasteiger partial charge in [0.05, 0.1) is 17.4 Å². The molecule has 2 heterocycles. The number of nitrogens with one attached hydrogen (secondary N) is 1. The highest BCUT2D eigenvalue weighted by Crippen LogP contribution is 2.22. The first-order valence-electron chi connectivity index (χ1n) is 5.34. The second kappa shape index (κ2) is 4.03. The van der Waals surface area contributed by atoms with E-state index in [4.69, 9.17) is 0 Å². The van der Waals surface area contributed by atoms with E-state index in [0.717, 1.165) is 17.1 Å². The molecular formula is C13H8FN3O. The van der Waals surface area contributed by atoms with Crippen LogP contribution in [0, 0.1) is 5.82 Å². The number of rotatable bonds is 1. The first kappa shape index (κ1) is 10.6. The van der Waals surface area contributed by atoms with E-state index in [1.54, 1.807) is 30.5 Å². The van der Waals surface area contributed by atoms with Crippen LogP contribution < -0.4 is 5.69 Å². The molecule has 0 atom stereocenters. The van der Waals surface area contributed by atoms with Gasteiger partial charge in [0.15, 0.2) is 5.82 Å². The highest BCUT2D eigenvalue weighted by atomic mass is 19.1. The Morgan fingerprint density at radius 3 is 2.94 bits per heavy atom. The van der Waals surface area contributed by atoms with Crippen molar-refractivity contribution in [2.45, 2.75) is 0 Å². The molecule has 0 saturated carbocycles. The lowest BCUT2D eigenvalue weighted by molar-refractivity contribution is 0.615. The van der Waals surface area contributed by atoms with Gasteiger partial charge in [0.2, 0.25) is 0 Å². The summed E-state index contributed by atoms with van der Waals surface area (Å²) in [5.74, 6) is -0.558. The number of nitrogens with zero attached hydrogens (tertiary/aromatic N) is 2. The van der Waals surface area contributed by atoms with E-state index in [-0.39, 0.29) is 5.69 Å². The van der Waals surface area contributed by atoms with Gasteiger partial charge in [0.1, 0.15) is 0 Å². The lowest BCUT2D eigenvalue weighted by Gasteiger charge is -2.04. The van der Waals surface area contributed by atoms with Crippen molar-refractivity contribution in [1.29, 1.82) is 0 Å². The van der Waals surface area contributed by atoms with Crippen LogP contribution in [0.2, 0.25) is 0 Å². The monoisotopic (exact) mass is 241 g/mol. The predicted octanol–water partition coefficient (Wildman–Crippen LogP) is 2.12. The second-order valence-electron chi connectivity index (χ2n) is 3.82. The minimum absolute atomic E-state index is 0.140. The van der Waals surface area contributed by atoms with E-state index in [1.165, 1.54) is 0 Å². The standard InChI is InChI=1S/C13H8FN3O/c14-10-7-16-13(18)17-12(10)9-3-4-11-8(6-9)2-1-5-15-11/h1-7H,(H,16,17,18). The normalized spacial score (nSPS) is 10.7. The molecular weight excluding hydrogens is 233 g/mol. The van der Waals surface area contributed by atoms with Gasteiger partial charge in [-0.3, -0.25) is 4.98 Å². The van der Waals surface area contributed by atoms with Gasteiger partial charge < -0.3 is 4.98 Å². The highest BCUT2D eigenvalue weighted by Gasteiger charge is 2.07. The number of aromatic amines is 1. The summed E-state index contributed by atoms with van der Waals surface area (Å²) in [7, 11) is 0. The van der Waals surface area contributed by atoms with Crippen molar-refractivity contribution < 1.29 is 4.39 Å². The molecule has 1 aromatic carbocycles. The zero-order valence-corrected chi connectivity index (χ0v) is 9.22. The molecule has 0 fully saturated rings. The molecule has 0 bridgehead atoms. The van der Waals surface area contributed by atoms with Gasteiger partial charge in [-0.25, -0.2) is 9.18 Å². The van der Waals surface area contributed by atoms with Crippen molar-refractivity contribution in [3.63, 3.8) is 0 Å². The second-order valence-corrected chi connectivity index (χ2v) is 3.82. The van der Waals surface area contributed by atoms with Gasteiger partial charge in [-0.05, 0) is 18.2 Å². The summed E-state index contributed by atoms with van der Waals surface area (Å²) in [6.45, 7) is 0. The van der Waals surface area contributed by atoms with Gasteiger partial charge in [-0.2, -0.15) is 4.98 Å². The summed E-state index contributed by atoms with van der Waals surface area (Å²) >= 11 is 0. The topological polar surface area (TPSA) is 58.6 Å². The van der Waals surface area contributed by atoms with Crippen LogP contribution in [0.25, 0.3) is 22.2 Å². The highest BCUT2D eigenvalue weighted by molar-refractivity contribution is 5.83. The molecule has 0 amide bonds. The van der Waals surface area contributed by atoms with Gasteiger partial charge in [-0.15, -0.1) is 0 Å². The minimum Gasteiger partial charge on any atom is -0.303 e. The fraction of sp³-hybridized carbons (Fsp3) is 0. The van der Waals surface area contributed by atoms with Gasteiger partial charge in [0, 0.05) is 17.1 Å². The molecule has 3 aromatic rings. The molecule has 18 heavy (non-hydrogen) atoms. The molecule has 2 aromatic heterocycles. The maximum absolute atomic E-state index is 13.6. The fourth-order valence-electron chi connectivity index (χ4n) is 1.82. The summed E-state index contributed by atoms with van der Waals surface area (Å²) in [6, 6.07) is 8.95. The predicted molar refractivity (Wildman–Crippen MR) is 65.6 cm³/mol. The number of halogens is 1. The third kappa shape index (κ3) is 1.75. The lowest BCUT2D eigenvalue weighted by atomic mass is 10.1. The van der Waals surface area contributed by atoms with Crippen LogP contribution in [-0.2, 0) is 0 Å². The van der Waals surface area contributed by atoms with Crippen LogP contribution in [0.1, 0.15) is 0 Å². The molecule has 3 rings (SSSR count). The average Bonchev–Trinajstić information content (AvgIpc) is 2.41. The van der Waals surface area contributed by atoms with Crippen molar-refractivity contribution in [1.82, 2.24) is 15.0 Å². The number of H-pyrrole nitrogens is 1. The van der Waals surface area contributed by atoms with Crippen LogP contribution >= 0.6 is 0 Å². The summed E-state index contributed by atoms with van der Waals surface area (Å²) < 4.78 is 13.6. The molecule has 0 aliphatic heterocycles. The first-order valence-corrected chi connectivity index (χ1v) is 5.34. The maximum atomic E-state index is 13.6. The number of aromatic nitrogens is 3. The molecule has 88 valence electrons. The summed E-state index contributed by atoms with van der Waals surface area (Å²) in [5, 5.41) is 0.882. The van der Waals surface area contributed by atoms with Gasteiger partial charge in [-0.1, -0.05) is 12.1 Å². The minimum atomic E-state index is -0.572. The van der Waals surface area contributed by atoms with Crippen LogP contribution in [0.3, 0.4) is 0 Å². The SMILES string of the molecule is O=c1ncc(F)c(-c2ccc3ncccc3c2)[nH]1. The number of hydrogen-bond donors (Lipinski definition) is 1. The Kier molecular flexibility index (Phi) is 2.37. The van der Waals surface area contributed by atoms with E-state index in [2.05, 4.69) is 15.0 Å². The maximum Gasteiger partial charge on any atom is 0.345 e. The molecule has 0 saturated heterocycles. The number of pyridine rings is 1. The Labute approximate surface area is 101 Å². The van der Waals surface area contributed by atoms with Crippen molar-refractivity contribution >= 4 is 10.9 Å². The van der Waals surface area contributed by atoms with Crippen LogP contribution in [0.4, 0.5) is 4.39 Å². The Morgan fingerprint density at radius 2 is 2.06 bits per heavy atom. The van der Waals surface area contributed by atoms with Crippen molar-refractivity contribution in [3.8, 4) is 11.3 Å². The molecule has 0 unspecified atom stereocenters. The van der Waals surface area contributed by atoms with Gasteiger partial charge in [0.25, 0.3) is 0 Å². The molecule has 0 aliphatic rings. The zero-order valence-electron chi connectivity index (χ0n) is 9.22. The van der Waals surface area contributed by atoms with Crippen LogP contribution in [0.15, 0.2) is 47.5 Å². The van der Waals surface area contributed by atoms with Crippen molar-refractivity contribution in [2.75, 3.05) is 0 Å². The molecule has 0 radical (unpaired) electrons. The fourth-order valence-corrected chi connectivity index (χ4v) is 1.82.